The van der Waals surface area contributed by atoms with Gasteiger partial charge in [-0.3, -0.25) is 0 Å². The molecule has 0 aliphatic heterocycles. The van der Waals surface area contributed by atoms with E-state index in [-0.39, 0.29) is 13.2 Å². The van der Waals surface area contributed by atoms with Crippen molar-refractivity contribution in [2.45, 2.75) is 0 Å². The van der Waals surface area contributed by atoms with Gasteiger partial charge in [0, 0.05) is 0 Å². The van der Waals surface area contributed by atoms with Crippen molar-refractivity contribution in [2.75, 3.05) is 52.9 Å². The van der Waals surface area contributed by atoms with Crippen LogP contribution in [0.1, 0.15) is 0 Å². The third kappa shape index (κ3) is 8.76. The van der Waals surface area contributed by atoms with Crippen LogP contribution in [-0.4, -0.2) is 83.5 Å². The third-order valence-electron chi connectivity index (χ3n) is 4.67. The molecule has 30 heavy (non-hydrogen) atoms. The lowest BCUT2D eigenvalue weighted by Gasteiger charge is -2.31. The van der Waals surface area contributed by atoms with Gasteiger partial charge in [0.15, 0.2) is 0 Å². The van der Waals surface area contributed by atoms with Crippen molar-refractivity contribution in [3.63, 3.8) is 0 Å². The van der Waals surface area contributed by atoms with Gasteiger partial charge in [-0.15, -0.1) is 0 Å². The Morgan fingerprint density at radius 2 is 0.833 bits per heavy atom. The summed E-state index contributed by atoms with van der Waals surface area (Å²) < 4.78 is 5.15. The van der Waals surface area contributed by atoms with Gasteiger partial charge >= 0.3 is 0 Å². The van der Waals surface area contributed by atoms with E-state index in [9.17, 15) is 0 Å². The van der Waals surface area contributed by atoms with Crippen LogP contribution in [0.4, 0.5) is 0 Å². The van der Waals surface area contributed by atoms with E-state index in [1.807, 2.05) is 0 Å². The number of aliphatic hydroxyl groups is 6. The minimum atomic E-state index is -1.16. The standard InChI is InChI=1S/C12H11P.C10H22O7/c1-3-7-11(8-4-1)13-12-9-5-2-6-10-12;11-1-9(2-12,3-13)7-17-8-10(4-14,5-15)6-16/h1-10,13H;11-16H,1-8H2. The first-order valence-electron chi connectivity index (χ1n) is 9.62. The normalized spacial score (nSPS) is 11.7. The molecule has 2 aromatic rings. The maximum atomic E-state index is 9.03. The third-order valence-corrected chi connectivity index (χ3v) is 5.91. The lowest BCUT2D eigenvalue weighted by Crippen LogP contribution is -2.43. The molecular weight excluding hydrogens is 407 g/mol. The van der Waals surface area contributed by atoms with Crippen LogP contribution in [-0.2, 0) is 4.74 Å². The molecule has 2 rings (SSSR count). The predicted molar refractivity (Wildman–Crippen MR) is 119 cm³/mol. The average Bonchev–Trinajstić information content (AvgIpc) is 2.82. The fourth-order valence-corrected chi connectivity index (χ4v) is 3.32. The summed E-state index contributed by atoms with van der Waals surface area (Å²) in [6, 6.07) is 21.2. The molecule has 0 fully saturated rings. The van der Waals surface area contributed by atoms with Crippen LogP contribution in [0, 0.1) is 10.8 Å². The molecule has 0 saturated carbocycles. The van der Waals surface area contributed by atoms with Crippen molar-refractivity contribution in [3.05, 3.63) is 60.7 Å². The Hall–Kier alpha value is -1.41. The van der Waals surface area contributed by atoms with Crippen LogP contribution in [0.5, 0.6) is 0 Å². The van der Waals surface area contributed by atoms with Gasteiger partial charge in [0.2, 0.25) is 0 Å². The van der Waals surface area contributed by atoms with Crippen LogP contribution < -0.4 is 10.6 Å². The summed E-state index contributed by atoms with van der Waals surface area (Å²) in [5.41, 5.74) is -2.32. The zero-order chi connectivity index (χ0) is 22.3. The number of benzene rings is 2. The van der Waals surface area contributed by atoms with Gasteiger partial charge in [0.1, 0.15) is 0 Å². The molecule has 0 amide bonds. The minimum absolute atomic E-state index is 0.141. The summed E-state index contributed by atoms with van der Waals surface area (Å²) >= 11 is 0. The van der Waals surface area contributed by atoms with Crippen molar-refractivity contribution in [1.82, 2.24) is 0 Å². The van der Waals surface area contributed by atoms with Crippen LogP contribution in [0.2, 0.25) is 0 Å². The quantitative estimate of drug-likeness (QED) is 0.239. The lowest BCUT2D eigenvalue weighted by atomic mass is 9.91. The summed E-state index contributed by atoms with van der Waals surface area (Å²) in [7, 11) is 0.777. The van der Waals surface area contributed by atoms with Crippen molar-refractivity contribution < 1.29 is 35.4 Å². The fourth-order valence-electron chi connectivity index (χ4n) is 2.27. The molecule has 0 bridgehead atoms. The number of rotatable bonds is 12. The zero-order valence-electron chi connectivity index (χ0n) is 17.0. The van der Waals surface area contributed by atoms with Crippen molar-refractivity contribution in [3.8, 4) is 0 Å². The summed E-state index contributed by atoms with van der Waals surface area (Å²) in [4.78, 5) is 0. The van der Waals surface area contributed by atoms with Crippen LogP contribution in [0.3, 0.4) is 0 Å². The number of aliphatic hydroxyl groups excluding tert-OH is 6. The molecule has 0 aliphatic rings. The maximum Gasteiger partial charge on any atom is 0.0629 e. The molecule has 7 nitrogen and oxygen atoms in total. The summed E-state index contributed by atoms with van der Waals surface area (Å²) in [6.45, 7) is -3.01. The van der Waals surface area contributed by atoms with Crippen LogP contribution in [0.25, 0.3) is 0 Å². The number of hydrogen-bond donors (Lipinski definition) is 6. The first-order valence-corrected chi connectivity index (χ1v) is 10.6. The van der Waals surface area contributed by atoms with Gasteiger partial charge < -0.3 is 35.4 Å². The number of hydrogen-bond acceptors (Lipinski definition) is 7. The predicted octanol–water partition coefficient (Wildman–Crippen LogP) is -0.754. The van der Waals surface area contributed by atoms with Gasteiger partial charge in [0.25, 0.3) is 0 Å². The highest BCUT2D eigenvalue weighted by Crippen LogP contribution is 2.19. The highest BCUT2D eigenvalue weighted by atomic mass is 31.1. The molecule has 8 heteroatoms. The Bertz CT molecular complexity index is 588. The van der Waals surface area contributed by atoms with E-state index in [2.05, 4.69) is 60.7 Å². The topological polar surface area (TPSA) is 131 Å². The van der Waals surface area contributed by atoms with Gasteiger partial charge in [-0.05, 0) is 10.6 Å². The molecule has 0 unspecified atom stereocenters. The van der Waals surface area contributed by atoms with E-state index < -0.39 is 50.5 Å². The molecule has 0 radical (unpaired) electrons. The SMILES string of the molecule is OCC(CO)(CO)COCC(CO)(CO)CO.c1ccc(Pc2ccccc2)cc1. The van der Waals surface area contributed by atoms with Crippen molar-refractivity contribution >= 4 is 19.2 Å². The maximum absolute atomic E-state index is 9.03. The van der Waals surface area contributed by atoms with Crippen LogP contribution in [0.15, 0.2) is 60.7 Å². The molecule has 6 N–H and O–H groups in total. The van der Waals surface area contributed by atoms with Gasteiger partial charge in [-0.2, -0.15) is 0 Å². The van der Waals surface area contributed by atoms with Gasteiger partial charge in [-0.25, -0.2) is 0 Å². The molecule has 0 saturated heterocycles. The number of ether oxygens (including phenoxy) is 1. The first kappa shape index (κ1) is 26.6. The minimum Gasteiger partial charge on any atom is -0.396 e. The smallest absolute Gasteiger partial charge is 0.0629 e. The molecule has 0 spiro atoms. The Morgan fingerprint density at radius 1 is 0.533 bits per heavy atom. The Balaban J connectivity index is 0.000000308. The van der Waals surface area contributed by atoms with E-state index in [0.717, 1.165) is 8.58 Å². The Labute approximate surface area is 179 Å². The Morgan fingerprint density at radius 3 is 1.10 bits per heavy atom. The second-order valence-electron chi connectivity index (χ2n) is 7.30. The second-order valence-corrected chi connectivity index (χ2v) is 8.70. The van der Waals surface area contributed by atoms with E-state index in [4.69, 9.17) is 35.4 Å². The van der Waals surface area contributed by atoms with Crippen LogP contribution >= 0.6 is 8.58 Å². The second kappa shape index (κ2) is 14.6. The highest BCUT2D eigenvalue weighted by molar-refractivity contribution is 7.55. The summed E-state index contributed by atoms with van der Waals surface area (Å²) in [5.74, 6) is 0. The van der Waals surface area contributed by atoms with E-state index in [1.54, 1.807) is 0 Å². The van der Waals surface area contributed by atoms with Gasteiger partial charge in [-0.1, -0.05) is 69.2 Å². The first-order chi connectivity index (χ1) is 14.5. The van der Waals surface area contributed by atoms with Crippen molar-refractivity contribution in [2.24, 2.45) is 10.8 Å². The Kier molecular flexibility index (Phi) is 12.9. The van der Waals surface area contributed by atoms with E-state index in [1.165, 1.54) is 10.6 Å². The van der Waals surface area contributed by atoms with Crippen molar-refractivity contribution in [1.29, 1.82) is 0 Å². The molecular formula is C22H33O7P. The zero-order valence-corrected chi connectivity index (χ0v) is 18.0. The highest BCUT2D eigenvalue weighted by Gasteiger charge is 2.32. The lowest BCUT2D eigenvalue weighted by molar-refractivity contribution is -0.103. The average molecular weight is 440 g/mol. The molecule has 0 atom stereocenters. The summed E-state index contributed by atoms with van der Waals surface area (Å²) in [5, 5.41) is 57.0. The van der Waals surface area contributed by atoms with E-state index in [0.29, 0.717) is 0 Å². The molecule has 0 heterocycles. The molecule has 168 valence electrons. The van der Waals surface area contributed by atoms with E-state index >= 15 is 0 Å². The monoisotopic (exact) mass is 440 g/mol. The fraction of sp³-hybridized carbons (Fsp3) is 0.455. The largest absolute Gasteiger partial charge is 0.396 e. The van der Waals surface area contributed by atoms with Gasteiger partial charge in [0.05, 0.1) is 63.7 Å². The molecule has 0 aromatic heterocycles. The molecule has 0 aliphatic carbocycles. The molecule has 2 aromatic carbocycles. The summed E-state index contributed by atoms with van der Waals surface area (Å²) in [6.07, 6.45) is 0.